The van der Waals surface area contributed by atoms with Gasteiger partial charge in [-0.15, -0.1) is 11.3 Å². The number of hydrogen-bond acceptors (Lipinski definition) is 5. The van der Waals surface area contributed by atoms with Crippen LogP contribution in [0.4, 0.5) is 0 Å². The molecule has 2 aliphatic heterocycles. The summed E-state index contributed by atoms with van der Waals surface area (Å²) in [6.07, 6.45) is 0.381. The summed E-state index contributed by atoms with van der Waals surface area (Å²) in [5.41, 5.74) is 1.97. The summed E-state index contributed by atoms with van der Waals surface area (Å²) in [6.45, 7) is 6.22. The average molecular weight is 357 g/mol. The van der Waals surface area contributed by atoms with Gasteiger partial charge in [-0.3, -0.25) is 9.69 Å². The second kappa shape index (κ2) is 7.23. The maximum Gasteiger partial charge on any atom is 0.228 e. The first-order valence-electron chi connectivity index (χ1n) is 8.82. The Kier molecular flexibility index (Phi) is 4.83. The normalized spacial score (nSPS) is 24.1. The number of morpholine rings is 1. The number of piperazine rings is 1. The van der Waals surface area contributed by atoms with Gasteiger partial charge >= 0.3 is 0 Å². The molecule has 1 amide bonds. The minimum absolute atomic E-state index is 0.169. The third-order valence-electron chi connectivity index (χ3n) is 5.02. The van der Waals surface area contributed by atoms with Crippen LogP contribution >= 0.6 is 11.3 Å². The molecule has 1 aromatic heterocycles. The predicted molar refractivity (Wildman–Crippen MR) is 98.6 cm³/mol. The molecule has 0 unspecified atom stereocenters. The van der Waals surface area contributed by atoms with Gasteiger partial charge in [-0.1, -0.05) is 30.3 Å². The van der Waals surface area contributed by atoms with Crippen LogP contribution in [-0.2, 0) is 16.0 Å². The first-order valence-corrected chi connectivity index (χ1v) is 9.70. The van der Waals surface area contributed by atoms with Crippen molar-refractivity contribution in [3.63, 3.8) is 0 Å². The smallest absolute Gasteiger partial charge is 0.228 e. The van der Waals surface area contributed by atoms with Crippen molar-refractivity contribution < 1.29 is 9.53 Å². The second-order valence-corrected chi connectivity index (χ2v) is 7.66. The molecule has 0 N–H and O–H groups in total. The first kappa shape index (κ1) is 16.7. The summed E-state index contributed by atoms with van der Waals surface area (Å²) in [5.74, 6) is 0.169. The van der Waals surface area contributed by atoms with E-state index in [-0.39, 0.29) is 5.91 Å². The Bertz CT molecular complexity index is 733. The van der Waals surface area contributed by atoms with Crippen molar-refractivity contribution in [2.24, 2.45) is 0 Å². The number of nitrogens with zero attached hydrogens (tertiary/aromatic N) is 3. The van der Waals surface area contributed by atoms with Gasteiger partial charge in [0.05, 0.1) is 31.4 Å². The lowest BCUT2D eigenvalue weighted by molar-refractivity contribution is -0.138. The first-order chi connectivity index (χ1) is 12.2. The lowest BCUT2D eigenvalue weighted by Gasteiger charge is -2.47. The van der Waals surface area contributed by atoms with E-state index in [4.69, 9.17) is 4.74 Å². The van der Waals surface area contributed by atoms with Crippen LogP contribution in [0.3, 0.4) is 0 Å². The van der Waals surface area contributed by atoms with E-state index in [1.54, 1.807) is 11.3 Å². The van der Waals surface area contributed by atoms with Crippen LogP contribution in [0.5, 0.6) is 0 Å². The molecule has 0 bridgehead atoms. The van der Waals surface area contributed by atoms with Crippen LogP contribution in [0.25, 0.3) is 10.6 Å². The van der Waals surface area contributed by atoms with Crippen molar-refractivity contribution in [2.75, 3.05) is 32.8 Å². The number of benzene rings is 1. The number of hydrogen-bond donors (Lipinski definition) is 0. The highest BCUT2D eigenvalue weighted by atomic mass is 32.1. The zero-order chi connectivity index (χ0) is 17.2. The molecular weight excluding hydrogens is 334 g/mol. The molecule has 0 radical (unpaired) electrons. The molecule has 0 aliphatic carbocycles. The molecule has 0 saturated carbocycles. The Labute approximate surface area is 152 Å². The highest BCUT2D eigenvalue weighted by Crippen LogP contribution is 2.24. The molecule has 1 aromatic carbocycles. The van der Waals surface area contributed by atoms with E-state index in [1.807, 2.05) is 40.6 Å². The van der Waals surface area contributed by atoms with E-state index in [0.717, 1.165) is 49.1 Å². The van der Waals surface area contributed by atoms with Gasteiger partial charge < -0.3 is 9.64 Å². The van der Waals surface area contributed by atoms with Crippen LogP contribution in [0.2, 0.25) is 0 Å². The Hall–Kier alpha value is -1.76. The average Bonchev–Trinajstić information content (AvgIpc) is 3.11. The van der Waals surface area contributed by atoms with Crippen molar-refractivity contribution in [2.45, 2.75) is 25.4 Å². The number of rotatable bonds is 3. The van der Waals surface area contributed by atoms with Gasteiger partial charge in [-0.2, -0.15) is 0 Å². The van der Waals surface area contributed by atoms with Crippen LogP contribution in [0, 0.1) is 0 Å². The van der Waals surface area contributed by atoms with Gasteiger partial charge in [0, 0.05) is 36.6 Å². The zero-order valence-corrected chi connectivity index (χ0v) is 15.2. The molecule has 2 saturated heterocycles. The summed E-state index contributed by atoms with van der Waals surface area (Å²) >= 11 is 1.60. The summed E-state index contributed by atoms with van der Waals surface area (Å²) in [6, 6.07) is 10.9. The molecule has 3 heterocycles. The molecule has 6 heteroatoms. The molecule has 0 spiro atoms. The summed E-state index contributed by atoms with van der Waals surface area (Å²) in [7, 11) is 0. The van der Waals surface area contributed by atoms with Crippen molar-refractivity contribution in [1.82, 2.24) is 14.8 Å². The number of amides is 1. The molecule has 2 fully saturated rings. The molecular formula is C19H23N3O2S. The van der Waals surface area contributed by atoms with E-state index in [9.17, 15) is 4.79 Å². The van der Waals surface area contributed by atoms with Crippen LogP contribution in [-0.4, -0.2) is 65.6 Å². The van der Waals surface area contributed by atoms with Crippen LogP contribution in [0.1, 0.15) is 12.6 Å². The zero-order valence-electron chi connectivity index (χ0n) is 14.4. The third-order valence-corrected chi connectivity index (χ3v) is 5.96. The van der Waals surface area contributed by atoms with E-state index in [2.05, 4.69) is 16.8 Å². The van der Waals surface area contributed by atoms with E-state index < -0.39 is 0 Å². The molecule has 2 aliphatic rings. The fourth-order valence-corrected chi connectivity index (χ4v) is 4.49. The van der Waals surface area contributed by atoms with Crippen molar-refractivity contribution in [3.05, 3.63) is 41.4 Å². The summed E-state index contributed by atoms with van der Waals surface area (Å²) < 4.78 is 5.66. The minimum Gasteiger partial charge on any atom is -0.378 e. The number of fused-ring (bicyclic) bond motifs is 1. The Morgan fingerprint density at radius 3 is 2.96 bits per heavy atom. The van der Waals surface area contributed by atoms with Crippen LogP contribution in [0.15, 0.2) is 35.7 Å². The third kappa shape index (κ3) is 3.61. The molecule has 5 nitrogen and oxygen atoms in total. The Balaban J connectivity index is 1.39. The van der Waals surface area contributed by atoms with Crippen LogP contribution < -0.4 is 0 Å². The van der Waals surface area contributed by atoms with Gasteiger partial charge in [0.1, 0.15) is 5.01 Å². The maximum atomic E-state index is 12.7. The fraction of sp³-hybridized carbons (Fsp3) is 0.474. The van der Waals surface area contributed by atoms with Crippen molar-refractivity contribution in [3.8, 4) is 10.6 Å². The van der Waals surface area contributed by atoms with E-state index in [1.165, 1.54) is 0 Å². The largest absolute Gasteiger partial charge is 0.378 e. The lowest BCUT2D eigenvalue weighted by Crippen LogP contribution is -2.62. The second-order valence-electron chi connectivity index (χ2n) is 6.80. The van der Waals surface area contributed by atoms with Gasteiger partial charge in [0.2, 0.25) is 5.91 Å². The predicted octanol–water partition coefficient (Wildman–Crippen LogP) is 2.28. The molecule has 132 valence electrons. The van der Waals surface area contributed by atoms with Gasteiger partial charge in [-0.25, -0.2) is 4.98 Å². The monoisotopic (exact) mass is 357 g/mol. The topological polar surface area (TPSA) is 45.7 Å². The van der Waals surface area contributed by atoms with Gasteiger partial charge in [0.15, 0.2) is 0 Å². The molecule has 2 aromatic rings. The Morgan fingerprint density at radius 2 is 2.12 bits per heavy atom. The van der Waals surface area contributed by atoms with Gasteiger partial charge in [0.25, 0.3) is 0 Å². The molecule has 2 atom stereocenters. The van der Waals surface area contributed by atoms with Gasteiger partial charge in [-0.05, 0) is 6.92 Å². The maximum absolute atomic E-state index is 12.7. The highest BCUT2D eigenvalue weighted by Gasteiger charge is 2.35. The summed E-state index contributed by atoms with van der Waals surface area (Å²) in [4.78, 5) is 21.8. The van der Waals surface area contributed by atoms with Crippen molar-refractivity contribution in [1.29, 1.82) is 0 Å². The van der Waals surface area contributed by atoms with E-state index in [0.29, 0.717) is 18.5 Å². The fourth-order valence-electron chi connectivity index (χ4n) is 3.66. The minimum atomic E-state index is 0.169. The number of carbonyl (C=O) groups is 1. The SMILES string of the molecule is C[C@H]1COC[C@H]2CN(C(=O)Cc3csc(-c4ccccc4)n3)CCN21. The number of thiazole rings is 1. The standard InChI is InChI=1S/C19H23N3O2S/c1-14-11-24-12-17-10-21(7-8-22(14)17)18(23)9-16-13-25-19(20-16)15-5-3-2-4-6-15/h2-6,13-14,17H,7-12H2,1H3/t14-,17+/m0/s1. The van der Waals surface area contributed by atoms with E-state index >= 15 is 0 Å². The van der Waals surface area contributed by atoms with Crippen molar-refractivity contribution >= 4 is 17.2 Å². The Morgan fingerprint density at radius 1 is 1.28 bits per heavy atom. The quantitative estimate of drug-likeness (QED) is 0.846. The summed E-state index contributed by atoms with van der Waals surface area (Å²) in [5, 5.41) is 2.98. The molecule has 4 rings (SSSR count). The number of aromatic nitrogens is 1. The highest BCUT2D eigenvalue weighted by molar-refractivity contribution is 7.13. The lowest BCUT2D eigenvalue weighted by atomic mass is 10.1. The molecule has 25 heavy (non-hydrogen) atoms. The number of carbonyl (C=O) groups excluding carboxylic acids is 1. The number of ether oxygens (including phenoxy) is 1.